The van der Waals surface area contributed by atoms with Crippen LogP contribution in [0.25, 0.3) is 5.57 Å². The fourth-order valence-electron chi connectivity index (χ4n) is 3.56. The number of benzene rings is 1. The monoisotopic (exact) mass is 362 g/mol. The van der Waals surface area contributed by atoms with Gasteiger partial charge in [-0.05, 0) is 53.8 Å². The first-order valence-electron chi connectivity index (χ1n) is 9.11. The molecule has 3 heterocycles. The highest BCUT2D eigenvalue weighted by Crippen LogP contribution is 2.25. The number of fused-ring (bicyclic) bond motifs is 1. The van der Waals surface area contributed by atoms with Crippen LogP contribution in [0, 0.1) is 0 Å². The van der Waals surface area contributed by atoms with Gasteiger partial charge < -0.3 is 15.5 Å². The van der Waals surface area contributed by atoms with Gasteiger partial charge in [0.2, 0.25) is 0 Å². The molecule has 138 valence electrons. The fourth-order valence-corrected chi connectivity index (χ4v) is 3.56. The fraction of sp³-hybridized carbons (Fsp3) is 0.286. The molecular weight excluding hydrogens is 340 g/mol. The highest BCUT2D eigenvalue weighted by atomic mass is 16.2. The maximum Gasteiger partial charge on any atom is 0.322 e. The third-order valence-corrected chi connectivity index (χ3v) is 5.15. The summed E-state index contributed by atoms with van der Waals surface area (Å²) >= 11 is 0. The molecule has 0 radical (unpaired) electrons. The van der Waals surface area contributed by atoms with E-state index >= 15 is 0 Å². The lowest BCUT2D eigenvalue weighted by molar-refractivity contribution is -0.118. The van der Waals surface area contributed by atoms with Crippen molar-refractivity contribution in [2.24, 2.45) is 0 Å². The predicted molar refractivity (Wildman–Crippen MR) is 104 cm³/mol. The molecule has 1 aromatic heterocycles. The summed E-state index contributed by atoms with van der Waals surface area (Å²) in [5, 5.41) is 6.16. The molecule has 27 heavy (non-hydrogen) atoms. The lowest BCUT2D eigenvalue weighted by Gasteiger charge is -2.22. The van der Waals surface area contributed by atoms with Crippen LogP contribution in [0.15, 0.2) is 48.8 Å². The summed E-state index contributed by atoms with van der Waals surface area (Å²) in [6.07, 6.45) is 6.38. The van der Waals surface area contributed by atoms with Crippen molar-refractivity contribution in [2.45, 2.75) is 32.5 Å². The lowest BCUT2D eigenvalue weighted by atomic mass is 9.93. The smallest absolute Gasteiger partial charge is 0.316 e. The summed E-state index contributed by atoms with van der Waals surface area (Å²) in [5.41, 5.74) is 5.25. The second kappa shape index (κ2) is 7.32. The third kappa shape index (κ3) is 3.75. The van der Waals surface area contributed by atoms with E-state index in [1.165, 1.54) is 0 Å². The van der Waals surface area contributed by atoms with Crippen molar-refractivity contribution < 1.29 is 9.59 Å². The van der Waals surface area contributed by atoms with Crippen LogP contribution in [0.5, 0.6) is 0 Å². The second-order valence-corrected chi connectivity index (χ2v) is 7.01. The first-order chi connectivity index (χ1) is 13.1. The highest BCUT2D eigenvalue weighted by molar-refractivity contribution is 5.90. The first kappa shape index (κ1) is 17.4. The van der Waals surface area contributed by atoms with Gasteiger partial charge in [0.15, 0.2) is 0 Å². The summed E-state index contributed by atoms with van der Waals surface area (Å²) in [4.78, 5) is 30.0. The van der Waals surface area contributed by atoms with E-state index in [0.29, 0.717) is 26.1 Å². The molecule has 0 saturated carbocycles. The van der Waals surface area contributed by atoms with Gasteiger partial charge in [-0.25, -0.2) is 4.79 Å². The second-order valence-electron chi connectivity index (χ2n) is 7.01. The van der Waals surface area contributed by atoms with E-state index in [-0.39, 0.29) is 17.9 Å². The van der Waals surface area contributed by atoms with Crippen molar-refractivity contribution in [1.82, 2.24) is 15.2 Å². The number of Topliss-reactive ketones (excluding diaryl/α,β-unsaturated/α-hetero) is 1. The van der Waals surface area contributed by atoms with Crippen molar-refractivity contribution in [3.63, 3.8) is 0 Å². The molecule has 2 aliphatic rings. The van der Waals surface area contributed by atoms with Crippen LogP contribution in [-0.2, 0) is 17.9 Å². The number of ketones is 1. The molecule has 2 N–H and O–H groups in total. The van der Waals surface area contributed by atoms with Gasteiger partial charge in [-0.2, -0.15) is 0 Å². The molecule has 0 spiro atoms. The quantitative estimate of drug-likeness (QED) is 0.880. The van der Waals surface area contributed by atoms with Gasteiger partial charge in [-0.3, -0.25) is 9.78 Å². The minimum atomic E-state index is -0.115. The molecule has 2 amide bonds. The molecule has 2 aromatic rings. The van der Waals surface area contributed by atoms with Gasteiger partial charge in [0.1, 0.15) is 5.78 Å². The summed E-state index contributed by atoms with van der Waals surface area (Å²) in [6.45, 7) is 3.50. The largest absolute Gasteiger partial charge is 0.322 e. The van der Waals surface area contributed by atoms with Crippen LogP contribution < -0.4 is 10.6 Å². The predicted octanol–water partition coefficient (Wildman–Crippen LogP) is 2.96. The van der Waals surface area contributed by atoms with Crippen molar-refractivity contribution in [2.75, 3.05) is 11.9 Å². The van der Waals surface area contributed by atoms with Crippen LogP contribution in [-0.4, -0.2) is 34.3 Å². The van der Waals surface area contributed by atoms with Gasteiger partial charge in [0.05, 0.1) is 6.04 Å². The third-order valence-electron chi connectivity index (χ3n) is 5.15. The van der Waals surface area contributed by atoms with Crippen LogP contribution in [0.1, 0.15) is 30.0 Å². The maximum atomic E-state index is 12.5. The Labute approximate surface area is 158 Å². The average Bonchev–Trinajstić information content (AvgIpc) is 3.13. The zero-order valence-electron chi connectivity index (χ0n) is 15.2. The van der Waals surface area contributed by atoms with Crippen molar-refractivity contribution >= 4 is 23.1 Å². The van der Waals surface area contributed by atoms with Crippen LogP contribution >= 0.6 is 0 Å². The number of hydrogen-bond acceptors (Lipinski definition) is 4. The van der Waals surface area contributed by atoms with Crippen LogP contribution in [0.2, 0.25) is 0 Å². The number of pyridine rings is 1. The van der Waals surface area contributed by atoms with Crippen molar-refractivity contribution in [3.05, 3.63) is 65.5 Å². The molecule has 1 atom stereocenters. The lowest BCUT2D eigenvalue weighted by Crippen LogP contribution is -2.38. The number of carbonyl (C=O) groups is 2. The van der Waals surface area contributed by atoms with Crippen molar-refractivity contribution in [1.29, 1.82) is 0 Å². The summed E-state index contributed by atoms with van der Waals surface area (Å²) < 4.78 is 0. The standard InChI is InChI=1S/C21H22N4O2/c1-14(26)20-10-16(7-9-23-20)15-2-4-19(5-3-15)24-21(27)25-12-17-6-8-22-11-18(17)13-25/h2-8,11,20,23H,9-10,12-13H2,1H3,(H,24,27). The zero-order valence-corrected chi connectivity index (χ0v) is 15.2. The number of hydrogen-bond donors (Lipinski definition) is 2. The Hall–Kier alpha value is -2.99. The maximum absolute atomic E-state index is 12.5. The molecule has 2 aliphatic heterocycles. The molecule has 1 unspecified atom stereocenters. The molecule has 6 nitrogen and oxygen atoms in total. The van der Waals surface area contributed by atoms with Gasteiger partial charge in [-0.15, -0.1) is 0 Å². The average molecular weight is 362 g/mol. The van der Waals surface area contributed by atoms with Gasteiger partial charge in [0.25, 0.3) is 0 Å². The number of aromatic nitrogens is 1. The molecule has 1 aromatic carbocycles. The molecular formula is C21H22N4O2. The molecule has 0 fully saturated rings. The number of rotatable bonds is 3. The SMILES string of the molecule is CC(=O)C1CC(c2ccc(NC(=O)N3Cc4ccncc4C3)cc2)=CCN1. The van der Waals surface area contributed by atoms with Crippen LogP contribution in [0.3, 0.4) is 0 Å². The number of nitrogens with one attached hydrogen (secondary N) is 2. The molecule has 0 saturated heterocycles. The summed E-state index contributed by atoms with van der Waals surface area (Å²) in [5.74, 6) is 0.159. The minimum Gasteiger partial charge on any atom is -0.316 e. The van der Waals surface area contributed by atoms with E-state index in [9.17, 15) is 9.59 Å². The minimum absolute atomic E-state index is 0.114. The Bertz CT molecular complexity index is 880. The first-order valence-corrected chi connectivity index (χ1v) is 9.11. The van der Waals surface area contributed by atoms with Crippen molar-refractivity contribution in [3.8, 4) is 0 Å². The topological polar surface area (TPSA) is 74.3 Å². The normalized spacial score (nSPS) is 18.6. The van der Waals surface area contributed by atoms with E-state index in [1.54, 1.807) is 18.0 Å². The number of amides is 2. The number of carbonyl (C=O) groups excluding carboxylic acids is 2. The molecule has 0 aliphatic carbocycles. The summed E-state index contributed by atoms with van der Waals surface area (Å²) in [7, 11) is 0. The van der Waals surface area contributed by atoms with E-state index < -0.39 is 0 Å². The summed E-state index contributed by atoms with van der Waals surface area (Å²) in [6, 6.07) is 9.53. The van der Waals surface area contributed by atoms with Crippen LogP contribution in [0.4, 0.5) is 10.5 Å². The van der Waals surface area contributed by atoms with Gasteiger partial charge in [0, 0.05) is 37.7 Å². The number of nitrogens with zero attached hydrogens (tertiary/aromatic N) is 2. The Morgan fingerprint density at radius 1 is 1.15 bits per heavy atom. The number of urea groups is 1. The number of anilines is 1. The Morgan fingerprint density at radius 2 is 1.93 bits per heavy atom. The highest BCUT2D eigenvalue weighted by Gasteiger charge is 2.23. The van der Waals surface area contributed by atoms with Gasteiger partial charge >= 0.3 is 6.03 Å². The van der Waals surface area contributed by atoms with E-state index in [0.717, 1.165) is 28.0 Å². The zero-order chi connectivity index (χ0) is 18.8. The van der Waals surface area contributed by atoms with Gasteiger partial charge in [-0.1, -0.05) is 18.2 Å². The Kier molecular flexibility index (Phi) is 4.73. The molecule has 6 heteroatoms. The molecule has 0 bridgehead atoms. The van der Waals surface area contributed by atoms with E-state index in [1.807, 2.05) is 36.5 Å². The van der Waals surface area contributed by atoms with E-state index in [4.69, 9.17) is 0 Å². The Morgan fingerprint density at radius 3 is 2.67 bits per heavy atom. The van der Waals surface area contributed by atoms with E-state index in [2.05, 4.69) is 21.7 Å². The Balaban J connectivity index is 1.39. The molecule has 4 rings (SSSR count).